The summed E-state index contributed by atoms with van der Waals surface area (Å²) in [5.74, 6) is -0.549. The fourth-order valence-electron chi connectivity index (χ4n) is 2.82. The Morgan fingerprint density at radius 3 is 2.59 bits per heavy atom. The van der Waals surface area contributed by atoms with Crippen LogP contribution in [0.3, 0.4) is 0 Å². The van der Waals surface area contributed by atoms with Crippen molar-refractivity contribution in [3.63, 3.8) is 0 Å². The van der Waals surface area contributed by atoms with Crippen LogP contribution < -0.4 is 10.6 Å². The SMILES string of the molecule is COCC(=O)Nc1cccc(CNC(=O)c2nnn(-c3ccc(C)cc3)c2C)c1. The summed E-state index contributed by atoms with van der Waals surface area (Å²) >= 11 is 0. The van der Waals surface area contributed by atoms with Crippen LogP contribution in [-0.2, 0) is 16.1 Å². The highest BCUT2D eigenvalue weighted by Crippen LogP contribution is 2.14. The standard InChI is InChI=1S/C21H23N5O3/c1-14-7-9-18(10-8-14)26-15(2)20(24-25-26)21(28)22-12-16-5-4-6-17(11-16)23-19(27)13-29-3/h4-11H,12-13H2,1-3H3,(H,22,28)(H,23,27). The lowest BCUT2D eigenvalue weighted by Crippen LogP contribution is -2.24. The average molecular weight is 393 g/mol. The summed E-state index contributed by atoms with van der Waals surface area (Å²) in [5.41, 5.74) is 4.41. The summed E-state index contributed by atoms with van der Waals surface area (Å²) in [7, 11) is 1.46. The summed E-state index contributed by atoms with van der Waals surface area (Å²) in [6, 6.07) is 15.1. The van der Waals surface area contributed by atoms with Crippen LogP contribution in [0.25, 0.3) is 5.69 Å². The van der Waals surface area contributed by atoms with Crippen molar-refractivity contribution in [3.05, 3.63) is 71.0 Å². The lowest BCUT2D eigenvalue weighted by atomic mass is 10.2. The number of methoxy groups -OCH3 is 1. The van der Waals surface area contributed by atoms with E-state index in [1.165, 1.54) is 7.11 Å². The maximum absolute atomic E-state index is 12.6. The molecule has 3 rings (SSSR count). The van der Waals surface area contributed by atoms with E-state index in [-0.39, 0.29) is 24.1 Å². The molecular weight excluding hydrogens is 370 g/mol. The van der Waals surface area contributed by atoms with Crippen LogP contribution in [-0.4, -0.2) is 40.5 Å². The van der Waals surface area contributed by atoms with Crippen molar-refractivity contribution in [2.75, 3.05) is 19.0 Å². The number of amides is 2. The number of rotatable bonds is 7. The van der Waals surface area contributed by atoms with E-state index >= 15 is 0 Å². The first kappa shape index (κ1) is 20.2. The minimum Gasteiger partial charge on any atom is -0.375 e. The third kappa shape index (κ3) is 5.05. The van der Waals surface area contributed by atoms with Gasteiger partial charge in [0.25, 0.3) is 5.91 Å². The Morgan fingerprint density at radius 1 is 1.10 bits per heavy atom. The number of benzene rings is 2. The number of aryl methyl sites for hydroxylation is 1. The lowest BCUT2D eigenvalue weighted by molar-refractivity contribution is -0.119. The molecule has 0 radical (unpaired) electrons. The number of aromatic nitrogens is 3. The Hall–Kier alpha value is -3.52. The van der Waals surface area contributed by atoms with Crippen molar-refractivity contribution in [1.29, 1.82) is 0 Å². The molecule has 0 aliphatic rings. The molecule has 0 aliphatic carbocycles. The Bertz CT molecular complexity index is 1010. The Morgan fingerprint density at radius 2 is 1.86 bits per heavy atom. The Labute approximate surface area is 168 Å². The van der Waals surface area contributed by atoms with Gasteiger partial charge in [-0.15, -0.1) is 5.10 Å². The Balaban J connectivity index is 1.66. The maximum Gasteiger partial charge on any atom is 0.274 e. The second-order valence-corrected chi connectivity index (χ2v) is 6.64. The zero-order valence-electron chi connectivity index (χ0n) is 16.6. The molecule has 3 aromatic rings. The van der Waals surface area contributed by atoms with Gasteiger partial charge in [0.1, 0.15) is 6.61 Å². The monoisotopic (exact) mass is 393 g/mol. The van der Waals surface area contributed by atoms with E-state index < -0.39 is 0 Å². The van der Waals surface area contributed by atoms with Crippen LogP contribution >= 0.6 is 0 Å². The van der Waals surface area contributed by atoms with Crippen molar-refractivity contribution < 1.29 is 14.3 Å². The number of carbonyl (C=O) groups is 2. The van der Waals surface area contributed by atoms with Gasteiger partial charge in [0.2, 0.25) is 5.91 Å². The highest BCUT2D eigenvalue weighted by atomic mass is 16.5. The average Bonchev–Trinajstić information content (AvgIpc) is 3.09. The summed E-state index contributed by atoms with van der Waals surface area (Å²) in [4.78, 5) is 24.2. The van der Waals surface area contributed by atoms with Crippen molar-refractivity contribution in [3.8, 4) is 5.69 Å². The highest BCUT2D eigenvalue weighted by Gasteiger charge is 2.17. The van der Waals surface area contributed by atoms with Gasteiger partial charge in [-0.25, -0.2) is 4.68 Å². The molecule has 0 saturated carbocycles. The molecule has 1 heterocycles. The zero-order chi connectivity index (χ0) is 20.8. The van der Waals surface area contributed by atoms with E-state index in [9.17, 15) is 9.59 Å². The van der Waals surface area contributed by atoms with E-state index in [0.29, 0.717) is 17.9 Å². The van der Waals surface area contributed by atoms with Crippen LogP contribution in [0, 0.1) is 13.8 Å². The molecule has 29 heavy (non-hydrogen) atoms. The van der Waals surface area contributed by atoms with Gasteiger partial charge in [0.05, 0.1) is 11.4 Å². The van der Waals surface area contributed by atoms with Gasteiger partial charge in [0, 0.05) is 19.3 Å². The summed E-state index contributed by atoms with van der Waals surface area (Å²) in [5, 5.41) is 13.7. The van der Waals surface area contributed by atoms with Crippen LogP contribution in [0.15, 0.2) is 48.5 Å². The number of hydrogen-bond acceptors (Lipinski definition) is 5. The normalized spacial score (nSPS) is 10.6. The van der Waals surface area contributed by atoms with Crippen molar-refractivity contribution >= 4 is 17.5 Å². The minimum atomic E-state index is -0.310. The molecule has 0 bridgehead atoms. The molecule has 0 saturated heterocycles. The van der Waals surface area contributed by atoms with Gasteiger partial charge in [-0.2, -0.15) is 0 Å². The van der Waals surface area contributed by atoms with Crippen molar-refractivity contribution in [1.82, 2.24) is 20.3 Å². The van der Waals surface area contributed by atoms with E-state index in [1.54, 1.807) is 23.7 Å². The lowest BCUT2D eigenvalue weighted by Gasteiger charge is -2.08. The molecule has 1 aromatic heterocycles. The molecule has 150 valence electrons. The molecule has 0 atom stereocenters. The van der Waals surface area contributed by atoms with Gasteiger partial charge in [-0.1, -0.05) is 35.0 Å². The summed E-state index contributed by atoms with van der Waals surface area (Å²) in [6.07, 6.45) is 0. The van der Waals surface area contributed by atoms with Crippen LogP contribution in [0.4, 0.5) is 5.69 Å². The van der Waals surface area contributed by atoms with Gasteiger partial charge in [-0.3, -0.25) is 9.59 Å². The maximum atomic E-state index is 12.6. The number of nitrogens with zero attached hydrogens (tertiary/aromatic N) is 3. The smallest absolute Gasteiger partial charge is 0.274 e. The molecule has 0 fully saturated rings. The van der Waals surface area contributed by atoms with Gasteiger partial charge in [-0.05, 0) is 43.7 Å². The number of nitrogens with one attached hydrogen (secondary N) is 2. The second-order valence-electron chi connectivity index (χ2n) is 6.64. The van der Waals surface area contributed by atoms with Crippen LogP contribution in [0.1, 0.15) is 27.3 Å². The first-order valence-electron chi connectivity index (χ1n) is 9.13. The zero-order valence-corrected chi connectivity index (χ0v) is 16.6. The molecule has 8 heteroatoms. The van der Waals surface area contributed by atoms with Crippen molar-refractivity contribution in [2.24, 2.45) is 0 Å². The largest absolute Gasteiger partial charge is 0.375 e. The predicted molar refractivity (Wildman–Crippen MR) is 109 cm³/mol. The predicted octanol–water partition coefficient (Wildman–Crippen LogP) is 2.40. The fourth-order valence-corrected chi connectivity index (χ4v) is 2.82. The quantitative estimate of drug-likeness (QED) is 0.642. The van der Waals surface area contributed by atoms with E-state index in [1.807, 2.05) is 43.3 Å². The molecule has 2 N–H and O–H groups in total. The minimum absolute atomic E-state index is 0.0170. The molecule has 0 spiro atoms. The highest BCUT2D eigenvalue weighted by molar-refractivity contribution is 5.93. The van der Waals surface area contributed by atoms with Gasteiger partial charge in [0.15, 0.2) is 5.69 Å². The third-order valence-corrected chi connectivity index (χ3v) is 4.33. The molecule has 8 nitrogen and oxygen atoms in total. The van der Waals surface area contributed by atoms with Gasteiger partial charge < -0.3 is 15.4 Å². The summed E-state index contributed by atoms with van der Waals surface area (Å²) < 4.78 is 6.44. The van der Waals surface area contributed by atoms with Crippen LogP contribution in [0.5, 0.6) is 0 Å². The van der Waals surface area contributed by atoms with Crippen molar-refractivity contribution in [2.45, 2.75) is 20.4 Å². The van der Waals surface area contributed by atoms with E-state index in [0.717, 1.165) is 16.8 Å². The second kappa shape index (κ2) is 9.11. The number of hydrogen-bond donors (Lipinski definition) is 2. The fraction of sp³-hybridized carbons (Fsp3) is 0.238. The topological polar surface area (TPSA) is 98.1 Å². The molecule has 2 aromatic carbocycles. The first-order valence-corrected chi connectivity index (χ1v) is 9.13. The van der Waals surface area contributed by atoms with E-state index in [2.05, 4.69) is 20.9 Å². The van der Waals surface area contributed by atoms with Gasteiger partial charge >= 0.3 is 0 Å². The van der Waals surface area contributed by atoms with Crippen LogP contribution in [0.2, 0.25) is 0 Å². The number of carbonyl (C=O) groups excluding carboxylic acids is 2. The third-order valence-electron chi connectivity index (χ3n) is 4.33. The molecule has 0 aliphatic heterocycles. The Kier molecular flexibility index (Phi) is 6.36. The molecule has 0 unspecified atom stereocenters. The number of ether oxygens (including phenoxy) is 1. The molecule has 2 amide bonds. The van der Waals surface area contributed by atoms with E-state index in [4.69, 9.17) is 4.74 Å². The number of anilines is 1. The first-order chi connectivity index (χ1) is 14.0. The molecular formula is C21H23N5O3. The summed E-state index contributed by atoms with van der Waals surface area (Å²) in [6.45, 7) is 4.09.